The Kier molecular flexibility index (Phi) is 6.10. The van der Waals surface area contributed by atoms with Crippen molar-refractivity contribution in [2.45, 2.75) is 12.8 Å². The maximum atomic E-state index is 13.1. The second kappa shape index (κ2) is 8.29. The van der Waals surface area contributed by atoms with E-state index in [1.165, 1.54) is 12.1 Å². The lowest BCUT2D eigenvalue weighted by atomic mass is 10.0. The molecule has 4 heteroatoms. The molecule has 0 bridgehead atoms. The van der Waals surface area contributed by atoms with Crippen LogP contribution < -0.4 is 10.6 Å². The third kappa shape index (κ3) is 4.67. The molecule has 1 amide bonds. The predicted octanol–water partition coefficient (Wildman–Crippen LogP) is 2.56. The zero-order chi connectivity index (χ0) is 15.8. The number of nitrogens with one attached hydrogen (secondary N) is 2. The quantitative estimate of drug-likeness (QED) is 0.825. The van der Waals surface area contributed by atoms with Crippen molar-refractivity contribution in [1.82, 2.24) is 10.6 Å². The van der Waals surface area contributed by atoms with Crippen LogP contribution in [-0.4, -0.2) is 26.0 Å². The summed E-state index contributed by atoms with van der Waals surface area (Å²) in [5, 5.41) is 5.99. The summed E-state index contributed by atoms with van der Waals surface area (Å²) in [5.74, 6) is -0.329. The molecule has 0 aliphatic rings. The van der Waals surface area contributed by atoms with Crippen molar-refractivity contribution in [2.75, 3.05) is 20.1 Å². The van der Waals surface area contributed by atoms with E-state index in [1.807, 2.05) is 37.4 Å². The van der Waals surface area contributed by atoms with Gasteiger partial charge in [0.25, 0.3) is 5.91 Å². The summed E-state index contributed by atoms with van der Waals surface area (Å²) in [6.45, 7) is 1.32. The van der Waals surface area contributed by atoms with Gasteiger partial charge in [-0.05, 0) is 55.8 Å². The van der Waals surface area contributed by atoms with E-state index in [9.17, 15) is 9.18 Å². The summed E-state index contributed by atoms with van der Waals surface area (Å²) in [6, 6.07) is 14.1. The van der Waals surface area contributed by atoms with E-state index in [4.69, 9.17) is 0 Å². The largest absolute Gasteiger partial charge is 0.352 e. The highest BCUT2D eigenvalue weighted by molar-refractivity contribution is 5.95. The average molecular weight is 300 g/mol. The van der Waals surface area contributed by atoms with Crippen LogP contribution in [-0.2, 0) is 12.8 Å². The molecule has 0 aliphatic carbocycles. The molecule has 116 valence electrons. The second-order valence-electron chi connectivity index (χ2n) is 5.15. The fourth-order valence-electron chi connectivity index (χ4n) is 2.33. The molecule has 2 aromatic carbocycles. The lowest BCUT2D eigenvalue weighted by Gasteiger charge is -2.10. The maximum absolute atomic E-state index is 13.1. The Labute approximate surface area is 130 Å². The van der Waals surface area contributed by atoms with Gasteiger partial charge in [0.1, 0.15) is 5.82 Å². The SMILES string of the molecule is CNCCc1ccccc1C(=O)NCCc1cccc(F)c1. The summed E-state index contributed by atoms with van der Waals surface area (Å²) in [5.41, 5.74) is 2.61. The number of hydrogen-bond acceptors (Lipinski definition) is 2. The molecule has 0 aliphatic heterocycles. The molecule has 0 radical (unpaired) electrons. The molecule has 0 heterocycles. The van der Waals surface area contributed by atoms with Crippen LogP contribution >= 0.6 is 0 Å². The highest BCUT2D eigenvalue weighted by Gasteiger charge is 2.09. The zero-order valence-electron chi connectivity index (χ0n) is 12.7. The first kappa shape index (κ1) is 16.2. The zero-order valence-corrected chi connectivity index (χ0v) is 12.7. The minimum absolute atomic E-state index is 0.0805. The minimum Gasteiger partial charge on any atom is -0.352 e. The molecule has 3 nitrogen and oxygen atoms in total. The molecule has 0 saturated heterocycles. The van der Waals surface area contributed by atoms with Gasteiger partial charge < -0.3 is 10.6 Å². The molecular weight excluding hydrogens is 279 g/mol. The molecule has 0 saturated carbocycles. The van der Waals surface area contributed by atoms with Gasteiger partial charge in [-0.2, -0.15) is 0 Å². The molecule has 0 fully saturated rings. The molecule has 0 unspecified atom stereocenters. The van der Waals surface area contributed by atoms with Crippen molar-refractivity contribution in [3.05, 3.63) is 71.0 Å². The summed E-state index contributed by atoms with van der Waals surface area (Å²) in [6.07, 6.45) is 1.42. The third-order valence-corrected chi connectivity index (χ3v) is 3.49. The van der Waals surface area contributed by atoms with Crippen LogP contribution in [0.1, 0.15) is 21.5 Å². The van der Waals surface area contributed by atoms with E-state index in [0.29, 0.717) is 18.5 Å². The summed E-state index contributed by atoms with van der Waals surface area (Å²) in [4.78, 5) is 12.3. The molecule has 0 atom stereocenters. The molecule has 2 N–H and O–H groups in total. The van der Waals surface area contributed by atoms with Gasteiger partial charge >= 0.3 is 0 Å². The van der Waals surface area contributed by atoms with Crippen molar-refractivity contribution >= 4 is 5.91 Å². The lowest BCUT2D eigenvalue weighted by molar-refractivity contribution is 0.0953. The number of benzene rings is 2. The Morgan fingerprint density at radius 3 is 2.64 bits per heavy atom. The van der Waals surface area contributed by atoms with Gasteiger partial charge in [0.15, 0.2) is 0 Å². The molecular formula is C18H21FN2O. The standard InChI is InChI=1S/C18H21FN2O/c1-20-11-10-15-6-2-3-8-17(15)18(22)21-12-9-14-5-4-7-16(19)13-14/h2-8,13,20H,9-12H2,1H3,(H,21,22). The second-order valence-corrected chi connectivity index (χ2v) is 5.15. The van der Waals surface area contributed by atoms with E-state index in [0.717, 1.165) is 24.1 Å². The van der Waals surface area contributed by atoms with Crippen LogP contribution in [0.5, 0.6) is 0 Å². The Morgan fingerprint density at radius 2 is 1.86 bits per heavy atom. The predicted molar refractivity (Wildman–Crippen MR) is 86.5 cm³/mol. The first-order chi connectivity index (χ1) is 10.7. The van der Waals surface area contributed by atoms with Crippen LogP contribution in [0, 0.1) is 5.82 Å². The van der Waals surface area contributed by atoms with Gasteiger partial charge in [0.2, 0.25) is 0 Å². The summed E-state index contributed by atoms with van der Waals surface area (Å²) in [7, 11) is 1.89. The smallest absolute Gasteiger partial charge is 0.251 e. The molecule has 2 rings (SSSR count). The number of carbonyl (C=O) groups excluding carboxylic acids is 1. The number of carbonyl (C=O) groups is 1. The monoisotopic (exact) mass is 300 g/mol. The van der Waals surface area contributed by atoms with E-state index in [-0.39, 0.29) is 11.7 Å². The normalized spacial score (nSPS) is 10.5. The maximum Gasteiger partial charge on any atom is 0.251 e. The van der Waals surface area contributed by atoms with Gasteiger partial charge in [0.05, 0.1) is 0 Å². The van der Waals surface area contributed by atoms with Crippen LogP contribution in [0.4, 0.5) is 4.39 Å². The summed E-state index contributed by atoms with van der Waals surface area (Å²) >= 11 is 0. The van der Waals surface area contributed by atoms with Crippen molar-refractivity contribution in [3.8, 4) is 0 Å². The lowest BCUT2D eigenvalue weighted by Crippen LogP contribution is -2.27. The van der Waals surface area contributed by atoms with Crippen LogP contribution in [0.25, 0.3) is 0 Å². The highest BCUT2D eigenvalue weighted by Crippen LogP contribution is 2.09. The fourth-order valence-corrected chi connectivity index (χ4v) is 2.33. The number of hydrogen-bond donors (Lipinski definition) is 2. The van der Waals surface area contributed by atoms with Gasteiger partial charge in [-0.3, -0.25) is 4.79 Å². The van der Waals surface area contributed by atoms with E-state index < -0.39 is 0 Å². The molecule has 0 aromatic heterocycles. The minimum atomic E-state index is -0.249. The fraction of sp³-hybridized carbons (Fsp3) is 0.278. The Morgan fingerprint density at radius 1 is 1.05 bits per heavy atom. The van der Waals surface area contributed by atoms with E-state index >= 15 is 0 Å². The first-order valence-electron chi connectivity index (χ1n) is 7.46. The first-order valence-corrected chi connectivity index (χ1v) is 7.46. The van der Waals surface area contributed by atoms with Crippen molar-refractivity contribution in [1.29, 1.82) is 0 Å². The third-order valence-electron chi connectivity index (χ3n) is 3.49. The number of halogens is 1. The Balaban J connectivity index is 1.92. The number of rotatable bonds is 7. The Hall–Kier alpha value is -2.20. The molecule has 2 aromatic rings. The van der Waals surface area contributed by atoms with Crippen LogP contribution in [0.3, 0.4) is 0 Å². The van der Waals surface area contributed by atoms with Crippen molar-refractivity contribution in [2.24, 2.45) is 0 Å². The van der Waals surface area contributed by atoms with E-state index in [1.54, 1.807) is 6.07 Å². The van der Waals surface area contributed by atoms with Gasteiger partial charge in [-0.25, -0.2) is 4.39 Å². The number of likely N-dealkylation sites (N-methyl/N-ethyl adjacent to an activating group) is 1. The van der Waals surface area contributed by atoms with Gasteiger partial charge in [-0.1, -0.05) is 30.3 Å². The summed E-state index contributed by atoms with van der Waals surface area (Å²) < 4.78 is 13.1. The Bertz CT molecular complexity index is 628. The van der Waals surface area contributed by atoms with Crippen LogP contribution in [0.2, 0.25) is 0 Å². The average Bonchev–Trinajstić information content (AvgIpc) is 2.53. The van der Waals surface area contributed by atoms with Crippen molar-refractivity contribution < 1.29 is 9.18 Å². The topological polar surface area (TPSA) is 41.1 Å². The van der Waals surface area contributed by atoms with Crippen LogP contribution in [0.15, 0.2) is 48.5 Å². The van der Waals surface area contributed by atoms with E-state index in [2.05, 4.69) is 10.6 Å². The van der Waals surface area contributed by atoms with Crippen molar-refractivity contribution in [3.63, 3.8) is 0 Å². The van der Waals surface area contributed by atoms with Gasteiger partial charge in [-0.15, -0.1) is 0 Å². The molecule has 0 spiro atoms. The van der Waals surface area contributed by atoms with Gasteiger partial charge in [0, 0.05) is 12.1 Å². The molecule has 22 heavy (non-hydrogen) atoms. The highest BCUT2D eigenvalue weighted by atomic mass is 19.1. The number of amides is 1.